The fourth-order valence-electron chi connectivity index (χ4n) is 1.88. The van der Waals surface area contributed by atoms with Crippen molar-refractivity contribution in [1.29, 1.82) is 0 Å². The zero-order valence-electron chi connectivity index (χ0n) is 12.8. The summed E-state index contributed by atoms with van der Waals surface area (Å²) in [5.41, 5.74) is 0.101. The summed E-state index contributed by atoms with van der Waals surface area (Å²) >= 11 is 5.91. The van der Waals surface area contributed by atoms with E-state index in [2.05, 4.69) is 9.46 Å². The lowest BCUT2D eigenvalue weighted by molar-refractivity contribution is 0.0600. The Morgan fingerprint density at radius 3 is 2.20 bits per heavy atom. The molecule has 0 aliphatic heterocycles. The monoisotopic (exact) mass is 404 g/mol. The highest BCUT2D eigenvalue weighted by Gasteiger charge is 2.21. The maximum atomic E-state index is 12.5. The Morgan fingerprint density at radius 1 is 1.08 bits per heavy atom. The van der Waals surface area contributed by atoms with Crippen molar-refractivity contribution in [3.05, 3.63) is 53.1 Å². The highest BCUT2D eigenvalue weighted by molar-refractivity contribution is 7.92. The van der Waals surface area contributed by atoms with Gasteiger partial charge in [0, 0.05) is 5.69 Å². The number of carbonyl (C=O) groups is 1. The number of rotatable bonds is 5. The minimum atomic E-state index is -4.13. The lowest BCUT2D eigenvalue weighted by Crippen LogP contribution is -2.15. The molecular weight excluding hydrogens is 392 g/mol. The van der Waals surface area contributed by atoms with Crippen molar-refractivity contribution in [2.24, 2.45) is 5.14 Å². The number of methoxy groups -OCH3 is 1. The quantitative estimate of drug-likeness (QED) is 0.727. The van der Waals surface area contributed by atoms with E-state index in [4.69, 9.17) is 16.7 Å². The number of carbonyl (C=O) groups excluding carboxylic acids is 1. The summed E-state index contributed by atoms with van der Waals surface area (Å²) in [7, 11) is -6.85. The molecule has 3 N–H and O–H groups in total. The van der Waals surface area contributed by atoms with Gasteiger partial charge >= 0.3 is 5.97 Å². The molecule has 0 aliphatic carbocycles. The third-order valence-electron chi connectivity index (χ3n) is 3.08. The van der Waals surface area contributed by atoms with E-state index < -0.39 is 26.0 Å². The number of nitrogens with two attached hydrogens (primary N) is 1. The van der Waals surface area contributed by atoms with Crippen molar-refractivity contribution in [2.75, 3.05) is 11.8 Å². The zero-order chi connectivity index (χ0) is 18.8. The van der Waals surface area contributed by atoms with Crippen molar-refractivity contribution in [2.45, 2.75) is 9.79 Å². The van der Waals surface area contributed by atoms with Crippen LogP contribution in [-0.2, 0) is 24.8 Å². The van der Waals surface area contributed by atoms with E-state index in [1.54, 1.807) is 0 Å². The average Bonchev–Trinajstić information content (AvgIpc) is 2.53. The number of ether oxygens (including phenoxy) is 1. The van der Waals surface area contributed by atoms with Gasteiger partial charge in [0.15, 0.2) is 0 Å². The number of halogens is 1. The van der Waals surface area contributed by atoms with Gasteiger partial charge in [-0.1, -0.05) is 11.6 Å². The molecule has 0 saturated heterocycles. The van der Waals surface area contributed by atoms with E-state index in [1.807, 2.05) is 0 Å². The molecule has 0 aromatic heterocycles. The van der Waals surface area contributed by atoms with Crippen molar-refractivity contribution >= 4 is 43.3 Å². The summed E-state index contributed by atoms with van der Waals surface area (Å²) < 4.78 is 54.1. The van der Waals surface area contributed by atoms with Gasteiger partial charge in [-0.05, 0) is 42.5 Å². The van der Waals surface area contributed by atoms with E-state index in [0.29, 0.717) is 0 Å². The van der Waals surface area contributed by atoms with Crippen LogP contribution >= 0.6 is 11.6 Å². The van der Waals surface area contributed by atoms with Crippen LogP contribution in [0.4, 0.5) is 5.69 Å². The molecule has 2 aromatic rings. The maximum absolute atomic E-state index is 12.5. The van der Waals surface area contributed by atoms with Crippen LogP contribution in [-0.4, -0.2) is 29.9 Å². The lowest BCUT2D eigenvalue weighted by Gasteiger charge is -2.11. The van der Waals surface area contributed by atoms with Crippen LogP contribution in [0.2, 0.25) is 5.02 Å². The Bertz CT molecular complexity index is 1020. The van der Waals surface area contributed by atoms with Crippen LogP contribution in [0, 0.1) is 0 Å². The van der Waals surface area contributed by atoms with Gasteiger partial charge in [-0.15, -0.1) is 0 Å². The Kier molecular flexibility index (Phi) is 5.37. The molecule has 0 heterocycles. The lowest BCUT2D eigenvalue weighted by atomic mass is 10.2. The second kappa shape index (κ2) is 7.00. The number of benzene rings is 2. The summed E-state index contributed by atoms with van der Waals surface area (Å²) in [5, 5.41) is 4.88. The highest BCUT2D eigenvalue weighted by atomic mass is 35.5. The molecule has 0 atom stereocenters. The summed E-state index contributed by atoms with van der Waals surface area (Å²) in [4.78, 5) is 11.1. The number of hydrogen-bond donors (Lipinski definition) is 2. The predicted molar refractivity (Wildman–Crippen MR) is 91.4 cm³/mol. The van der Waals surface area contributed by atoms with Gasteiger partial charge in [0.25, 0.3) is 10.0 Å². The zero-order valence-corrected chi connectivity index (χ0v) is 15.2. The number of hydrogen-bond acceptors (Lipinski definition) is 6. The molecule has 134 valence electrons. The normalized spacial score (nSPS) is 11.8. The molecule has 2 aromatic carbocycles. The van der Waals surface area contributed by atoms with Crippen LogP contribution in [0.1, 0.15) is 10.4 Å². The first-order valence-electron chi connectivity index (χ1n) is 6.58. The van der Waals surface area contributed by atoms with E-state index >= 15 is 0 Å². The Balaban J connectivity index is 2.38. The molecule has 0 unspecified atom stereocenters. The molecule has 0 fully saturated rings. The second-order valence-corrected chi connectivity index (χ2v) is 8.43. The summed E-state index contributed by atoms with van der Waals surface area (Å²) in [6, 6.07) is 8.43. The number of nitrogens with one attached hydrogen (secondary N) is 1. The van der Waals surface area contributed by atoms with Gasteiger partial charge < -0.3 is 4.74 Å². The number of primary sulfonamides is 1. The third-order valence-corrected chi connectivity index (χ3v) is 5.87. The molecule has 0 bridgehead atoms. The first-order valence-corrected chi connectivity index (χ1v) is 9.99. The van der Waals surface area contributed by atoms with Gasteiger partial charge in [-0.25, -0.2) is 26.8 Å². The minimum Gasteiger partial charge on any atom is -0.465 e. The number of esters is 1. The predicted octanol–water partition coefficient (Wildman–Crippen LogP) is 1.57. The average molecular weight is 405 g/mol. The maximum Gasteiger partial charge on any atom is 0.337 e. The molecule has 0 spiro atoms. The van der Waals surface area contributed by atoms with E-state index in [1.165, 1.54) is 24.3 Å². The second-order valence-electron chi connectivity index (χ2n) is 4.81. The third kappa shape index (κ3) is 4.48. The molecule has 0 saturated carbocycles. The minimum absolute atomic E-state index is 0.0110. The summed E-state index contributed by atoms with van der Waals surface area (Å²) in [6.07, 6.45) is 0. The van der Waals surface area contributed by atoms with Crippen molar-refractivity contribution in [1.82, 2.24) is 0 Å². The van der Waals surface area contributed by atoms with Crippen LogP contribution in [0.3, 0.4) is 0 Å². The standard InChI is InChI=1S/C14H13ClN2O6S2/c1-23-14(18)9-2-7-12(15)13(8-9)25(21,22)17-10-3-5-11(6-4-10)24(16,19)20/h2-8,17H,1H3,(H2,16,19,20). The van der Waals surface area contributed by atoms with Crippen molar-refractivity contribution in [3.63, 3.8) is 0 Å². The summed E-state index contributed by atoms with van der Waals surface area (Å²) in [6.45, 7) is 0. The SMILES string of the molecule is COC(=O)c1ccc(Cl)c(S(=O)(=O)Nc2ccc(S(N)(=O)=O)cc2)c1. The van der Waals surface area contributed by atoms with Gasteiger partial charge in [-0.2, -0.15) is 0 Å². The molecule has 0 amide bonds. The van der Waals surface area contributed by atoms with Gasteiger partial charge in [0.1, 0.15) is 4.90 Å². The first-order chi connectivity index (χ1) is 11.5. The smallest absolute Gasteiger partial charge is 0.337 e. The van der Waals surface area contributed by atoms with Crippen molar-refractivity contribution in [3.8, 4) is 0 Å². The highest BCUT2D eigenvalue weighted by Crippen LogP contribution is 2.25. The van der Waals surface area contributed by atoms with E-state index in [-0.39, 0.29) is 26.1 Å². The molecule has 0 radical (unpaired) electrons. The molecule has 25 heavy (non-hydrogen) atoms. The summed E-state index contributed by atoms with van der Waals surface area (Å²) in [5.74, 6) is -0.717. The molecular formula is C14H13ClN2O6S2. The largest absolute Gasteiger partial charge is 0.465 e. The van der Waals surface area contributed by atoms with Gasteiger partial charge in [0.2, 0.25) is 10.0 Å². The molecule has 11 heteroatoms. The first kappa shape index (κ1) is 19.2. The van der Waals surface area contributed by atoms with Crippen LogP contribution in [0.15, 0.2) is 52.3 Å². The topological polar surface area (TPSA) is 133 Å². The van der Waals surface area contributed by atoms with Crippen LogP contribution < -0.4 is 9.86 Å². The van der Waals surface area contributed by atoms with E-state index in [0.717, 1.165) is 25.3 Å². The Hall–Kier alpha value is -2.14. The van der Waals surface area contributed by atoms with Crippen LogP contribution in [0.25, 0.3) is 0 Å². The van der Waals surface area contributed by atoms with Gasteiger partial charge in [0.05, 0.1) is 22.6 Å². The molecule has 8 nitrogen and oxygen atoms in total. The number of anilines is 1. The Labute approximate surface area is 149 Å². The fourth-order valence-corrected chi connectivity index (χ4v) is 3.98. The fraction of sp³-hybridized carbons (Fsp3) is 0.0714. The molecule has 2 rings (SSSR count). The van der Waals surface area contributed by atoms with Crippen molar-refractivity contribution < 1.29 is 26.4 Å². The van der Waals surface area contributed by atoms with Gasteiger partial charge in [-0.3, -0.25) is 4.72 Å². The Morgan fingerprint density at radius 2 is 1.68 bits per heavy atom. The van der Waals surface area contributed by atoms with Crippen LogP contribution in [0.5, 0.6) is 0 Å². The number of sulfonamides is 2. The molecule has 0 aliphatic rings. The van der Waals surface area contributed by atoms with E-state index in [9.17, 15) is 21.6 Å².